The number of carboxylic acid groups (broad SMARTS) is 1. The molecule has 0 aliphatic rings. The van der Waals surface area contributed by atoms with Crippen LogP contribution in [0.2, 0.25) is 0 Å². The largest absolute Gasteiger partial charge is 0.489 e. The van der Waals surface area contributed by atoms with Gasteiger partial charge in [0.2, 0.25) is 0 Å². The smallest absolute Gasteiger partial charge is 0.340 e. The van der Waals surface area contributed by atoms with E-state index in [-0.39, 0.29) is 12.0 Å². The van der Waals surface area contributed by atoms with Gasteiger partial charge in [0, 0.05) is 10.9 Å². The Hall–Kier alpha value is -2.56. The van der Waals surface area contributed by atoms with Gasteiger partial charge in [-0.2, -0.15) is 0 Å². The van der Waals surface area contributed by atoms with Crippen molar-refractivity contribution in [2.24, 2.45) is 0 Å². The van der Waals surface area contributed by atoms with Crippen molar-refractivity contribution in [3.05, 3.63) is 51.9 Å². The highest BCUT2D eigenvalue weighted by Crippen LogP contribution is 2.29. The summed E-state index contributed by atoms with van der Waals surface area (Å²) in [5.41, 5.74) is 1.31. The molecule has 1 aromatic carbocycles. The zero-order valence-corrected chi connectivity index (χ0v) is 11.9. The summed E-state index contributed by atoms with van der Waals surface area (Å²) in [6.45, 7) is 7.45. The molecule has 1 aromatic heterocycles. The zero-order chi connectivity index (χ0) is 15.6. The van der Waals surface area contributed by atoms with E-state index < -0.39 is 11.6 Å². The van der Waals surface area contributed by atoms with Crippen LogP contribution in [0.3, 0.4) is 0 Å². The van der Waals surface area contributed by atoms with E-state index in [0.29, 0.717) is 34.5 Å². The number of benzene rings is 1. The summed E-state index contributed by atoms with van der Waals surface area (Å²) in [6, 6.07) is 3.54. The van der Waals surface area contributed by atoms with Gasteiger partial charge in [-0.1, -0.05) is 12.7 Å². The molecule has 1 N–H and O–H groups in total. The summed E-state index contributed by atoms with van der Waals surface area (Å²) in [5, 5.41) is 9.59. The SMILES string of the molecule is C=CCOc1ccc2c(C)c(CC(=O)O)c(=O)oc2c1C. The lowest BCUT2D eigenvalue weighted by Crippen LogP contribution is -2.15. The maximum absolute atomic E-state index is 12.0. The van der Waals surface area contributed by atoms with Crippen molar-refractivity contribution in [3.63, 3.8) is 0 Å². The van der Waals surface area contributed by atoms with Crippen molar-refractivity contribution in [1.29, 1.82) is 0 Å². The number of carboxylic acids is 1. The molecule has 1 heterocycles. The lowest BCUT2D eigenvalue weighted by atomic mass is 10.0. The van der Waals surface area contributed by atoms with Gasteiger partial charge in [0.25, 0.3) is 0 Å². The van der Waals surface area contributed by atoms with E-state index in [0.717, 1.165) is 0 Å². The number of hydrogen-bond donors (Lipinski definition) is 1. The topological polar surface area (TPSA) is 76.7 Å². The van der Waals surface area contributed by atoms with Crippen molar-refractivity contribution in [3.8, 4) is 5.75 Å². The van der Waals surface area contributed by atoms with Crippen LogP contribution >= 0.6 is 0 Å². The molecular formula is C16H16O5. The monoisotopic (exact) mass is 288 g/mol. The number of carbonyl (C=O) groups is 1. The molecule has 0 radical (unpaired) electrons. The number of aliphatic carboxylic acids is 1. The Bertz CT molecular complexity index is 770. The van der Waals surface area contributed by atoms with E-state index in [4.69, 9.17) is 14.3 Å². The summed E-state index contributed by atoms with van der Waals surface area (Å²) in [5.74, 6) is -0.455. The van der Waals surface area contributed by atoms with E-state index in [2.05, 4.69) is 6.58 Å². The predicted molar refractivity (Wildman–Crippen MR) is 79.0 cm³/mol. The first-order valence-electron chi connectivity index (χ1n) is 6.47. The van der Waals surface area contributed by atoms with Crippen molar-refractivity contribution in [2.75, 3.05) is 6.61 Å². The van der Waals surface area contributed by atoms with Gasteiger partial charge in [-0.05, 0) is 31.5 Å². The molecule has 0 spiro atoms. The van der Waals surface area contributed by atoms with Crippen LogP contribution in [-0.4, -0.2) is 17.7 Å². The fraction of sp³-hybridized carbons (Fsp3) is 0.250. The van der Waals surface area contributed by atoms with Gasteiger partial charge in [-0.25, -0.2) is 4.79 Å². The first-order chi connectivity index (χ1) is 9.95. The van der Waals surface area contributed by atoms with Crippen molar-refractivity contribution >= 4 is 16.9 Å². The van der Waals surface area contributed by atoms with Gasteiger partial charge < -0.3 is 14.3 Å². The lowest BCUT2D eigenvalue weighted by Gasteiger charge is -2.11. The number of rotatable bonds is 5. The minimum absolute atomic E-state index is 0.175. The van der Waals surface area contributed by atoms with Gasteiger partial charge in [-0.15, -0.1) is 0 Å². The van der Waals surface area contributed by atoms with E-state index in [9.17, 15) is 9.59 Å². The lowest BCUT2D eigenvalue weighted by molar-refractivity contribution is -0.136. The van der Waals surface area contributed by atoms with E-state index in [1.807, 2.05) is 0 Å². The standard InChI is InChI=1S/C16H16O5/c1-4-7-20-13-6-5-11-9(2)12(8-14(17)18)16(19)21-15(11)10(13)3/h4-6H,1,7-8H2,2-3H3,(H,17,18). The zero-order valence-electron chi connectivity index (χ0n) is 11.9. The van der Waals surface area contributed by atoms with E-state index >= 15 is 0 Å². The predicted octanol–water partition coefficient (Wildman–Crippen LogP) is 2.60. The number of ether oxygens (including phenoxy) is 1. The molecular weight excluding hydrogens is 272 g/mol. The molecule has 2 rings (SSSR count). The minimum Gasteiger partial charge on any atom is -0.489 e. The summed E-state index contributed by atoms with van der Waals surface area (Å²) in [4.78, 5) is 22.8. The van der Waals surface area contributed by atoms with Gasteiger partial charge >= 0.3 is 11.6 Å². The van der Waals surface area contributed by atoms with E-state index in [1.165, 1.54) is 0 Å². The molecule has 110 valence electrons. The maximum Gasteiger partial charge on any atom is 0.340 e. The summed E-state index contributed by atoms with van der Waals surface area (Å²) < 4.78 is 10.8. The Morgan fingerprint density at radius 2 is 2.10 bits per heavy atom. The first kappa shape index (κ1) is 14.8. The Balaban J connectivity index is 2.65. The highest BCUT2D eigenvalue weighted by Gasteiger charge is 2.16. The van der Waals surface area contributed by atoms with Crippen LogP contribution in [0.15, 0.2) is 34.0 Å². The minimum atomic E-state index is -1.06. The fourth-order valence-corrected chi connectivity index (χ4v) is 2.23. The summed E-state index contributed by atoms with van der Waals surface area (Å²) in [7, 11) is 0. The molecule has 0 unspecified atom stereocenters. The van der Waals surface area contributed by atoms with Crippen LogP contribution in [0.5, 0.6) is 5.75 Å². The second-order valence-electron chi connectivity index (χ2n) is 4.73. The molecule has 5 heteroatoms. The normalized spacial score (nSPS) is 10.6. The fourth-order valence-electron chi connectivity index (χ4n) is 2.23. The molecule has 2 aromatic rings. The third-order valence-electron chi connectivity index (χ3n) is 3.34. The Morgan fingerprint density at radius 1 is 1.38 bits per heavy atom. The Morgan fingerprint density at radius 3 is 2.71 bits per heavy atom. The molecule has 0 aliphatic heterocycles. The average Bonchev–Trinajstić information content (AvgIpc) is 2.43. The van der Waals surface area contributed by atoms with Crippen molar-refractivity contribution in [2.45, 2.75) is 20.3 Å². The van der Waals surface area contributed by atoms with Crippen molar-refractivity contribution < 1.29 is 19.1 Å². The van der Waals surface area contributed by atoms with Crippen LogP contribution in [0, 0.1) is 13.8 Å². The molecule has 0 saturated carbocycles. The quantitative estimate of drug-likeness (QED) is 0.676. The molecule has 5 nitrogen and oxygen atoms in total. The Labute approximate surface area is 121 Å². The van der Waals surface area contributed by atoms with Crippen molar-refractivity contribution in [1.82, 2.24) is 0 Å². The third kappa shape index (κ3) is 2.81. The van der Waals surface area contributed by atoms with Crippen LogP contribution in [0.4, 0.5) is 0 Å². The Kier molecular flexibility index (Phi) is 4.12. The number of fused-ring (bicyclic) bond motifs is 1. The molecule has 0 amide bonds. The van der Waals surface area contributed by atoms with Crippen LogP contribution in [-0.2, 0) is 11.2 Å². The van der Waals surface area contributed by atoms with Gasteiger partial charge in [-0.3, -0.25) is 4.79 Å². The molecule has 0 saturated heterocycles. The highest BCUT2D eigenvalue weighted by atomic mass is 16.5. The second-order valence-corrected chi connectivity index (χ2v) is 4.73. The first-order valence-corrected chi connectivity index (χ1v) is 6.47. The highest BCUT2D eigenvalue weighted by molar-refractivity contribution is 5.86. The summed E-state index contributed by atoms with van der Waals surface area (Å²) in [6.07, 6.45) is 1.28. The average molecular weight is 288 g/mol. The molecule has 0 bridgehead atoms. The number of hydrogen-bond acceptors (Lipinski definition) is 4. The molecule has 0 fully saturated rings. The summed E-state index contributed by atoms with van der Waals surface area (Å²) >= 11 is 0. The van der Waals surface area contributed by atoms with E-state index in [1.54, 1.807) is 32.1 Å². The second kappa shape index (κ2) is 5.83. The van der Waals surface area contributed by atoms with Crippen LogP contribution < -0.4 is 10.4 Å². The van der Waals surface area contributed by atoms with Gasteiger partial charge in [0.05, 0.1) is 12.0 Å². The number of aryl methyl sites for hydroxylation is 2. The maximum atomic E-state index is 12.0. The van der Waals surface area contributed by atoms with Crippen LogP contribution in [0.1, 0.15) is 16.7 Å². The van der Waals surface area contributed by atoms with Crippen LogP contribution in [0.25, 0.3) is 11.0 Å². The molecule has 0 aliphatic carbocycles. The van der Waals surface area contributed by atoms with Gasteiger partial charge in [0.1, 0.15) is 17.9 Å². The molecule has 0 atom stereocenters. The van der Waals surface area contributed by atoms with Gasteiger partial charge in [0.15, 0.2) is 0 Å². The third-order valence-corrected chi connectivity index (χ3v) is 3.34. The molecule has 21 heavy (non-hydrogen) atoms.